The molecule has 0 aromatic heterocycles. The summed E-state index contributed by atoms with van der Waals surface area (Å²) in [6, 6.07) is 4.34. The summed E-state index contributed by atoms with van der Waals surface area (Å²) in [5.41, 5.74) is 1.81. The number of ether oxygens (including phenoxy) is 2. The van der Waals surface area contributed by atoms with Gasteiger partial charge in [0, 0.05) is 19.6 Å². The number of benzene rings is 1. The van der Waals surface area contributed by atoms with Crippen LogP contribution in [0.5, 0.6) is 11.5 Å². The molecule has 0 saturated carbocycles. The lowest BCUT2D eigenvalue weighted by Gasteiger charge is -2.23. The fourth-order valence-electron chi connectivity index (χ4n) is 3.88. The highest BCUT2D eigenvalue weighted by Gasteiger charge is 2.40. The van der Waals surface area contributed by atoms with Crippen LogP contribution in [0.1, 0.15) is 38.7 Å². The lowest BCUT2D eigenvalue weighted by atomic mass is 9.86. The Hall–Kier alpha value is -0.490. The zero-order valence-electron chi connectivity index (χ0n) is 15.3. The molecule has 2 aliphatic heterocycles. The molecule has 0 amide bonds. The Morgan fingerprint density at radius 3 is 2.76 bits per heavy atom. The minimum atomic E-state index is 0. The quantitative estimate of drug-likeness (QED) is 0.697. The van der Waals surface area contributed by atoms with E-state index in [0.29, 0.717) is 18.6 Å². The SMILES string of the molecule is CCCOc1c(Br)cc(CN2CCC3(CCNC3)C2)cc1OCC.Cl. The normalized spacial score (nSPS) is 23.0. The van der Waals surface area contributed by atoms with Gasteiger partial charge in [0.15, 0.2) is 11.5 Å². The van der Waals surface area contributed by atoms with Gasteiger partial charge in [-0.15, -0.1) is 12.4 Å². The second kappa shape index (κ2) is 9.45. The van der Waals surface area contributed by atoms with Gasteiger partial charge >= 0.3 is 0 Å². The number of nitrogens with one attached hydrogen (secondary N) is 1. The Kier molecular flexibility index (Phi) is 7.87. The van der Waals surface area contributed by atoms with Crippen molar-refractivity contribution in [2.24, 2.45) is 5.41 Å². The van der Waals surface area contributed by atoms with Crippen molar-refractivity contribution >= 4 is 28.3 Å². The summed E-state index contributed by atoms with van der Waals surface area (Å²) in [6.45, 7) is 11.2. The van der Waals surface area contributed by atoms with Crippen LogP contribution >= 0.6 is 28.3 Å². The van der Waals surface area contributed by atoms with E-state index in [4.69, 9.17) is 9.47 Å². The molecule has 25 heavy (non-hydrogen) atoms. The Morgan fingerprint density at radius 2 is 2.08 bits per heavy atom. The molecule has 6 heteroatoms. The number of nitrogens with zero attached hydrogens (tertiary/aromatic N) is 1. The molecule has 142 valence electrons. The van der Waals surface area contributed by atoms with Crippen molar-refractivity contribution in [3.05, 3.63) is 22.2 Å². The van der Waals surface area contributed by atoms with Crippen LogP contribution in [0.15, 0.2) is 16.6 Å². The first kappa shape index (κ1) is 20.8. The average Bonchev–Trinajstić information content (AvgIpc) is 3.17. The summed E-state index contributed by atoms with van der Waals surface area (Å²) >= 11 is 3.67. The summed E-state index contributed by atoms with van der Waals surface area (Å²) in [7, 11) is 0. The molecule has 2 fully saturated rings. The van der Waals surface area contributed by atoms with Crippen molar-refractivity contribution in [2.75, 3.05) is 39.4 Å². The van der Waals surface area contributed by atoms with Crippen LogP contribution in [0.4, 0.5) is 0 Å². The third kappa shape index (κ3) is 5.03. The number of hydrogen-bond acceptors (Lipinski definition) is 4. The van der Waals surface area contributed by atoms with Crippen molar-refractivity contribution in [1.82, 2.24) is 10.2 Å². The molecule has 1 atom stereocenters. The molecule has 2 saturated heterocycles. The Bertz CT molecular complexity index is 565. The zero-order valence-corrected chi connectivity index (χ0v) is 17.7. The van der Waals surface area contributed by atoms with Gasteiger partial charge in [0.2, 0.25) is 0 Å². The van der Waals surface area contributed by atoms with E-state index < -0.39 is 0 Å². The van der Waals surface area contributed by atoms with E-state index in [2.05, 4.69) is 45.2 Å². The Morgan fingerprint density at radius 1 is 1.24 bits per heavy atom. The molecule has 1 aromatic carbocycles. The van der Waals surface area contributed by atoms with E-state index >= 15 is 0 Å². The van der Waals surface area contributed by atoms with Gasteiger partial charge in [-0.3, -0.25) is 4.90 Å². The first-order valence-corrected chi connectivity index (χ1v) is 9.96. The van der Waals surface area contributed by atoms with Gasteiger partial charge in [-0.25, -0.2) is 0 Å². The predicted octanol–water partition coefficient (Wildman–Crippen LogP) is 4.24. The minimum absolute atomic E-state index is 0. The van der Waals surface area contributed by atoms with Crippen molar-refractivity contribution in [2.45, 2.75) is 39.7 Å². The largest absolute Gasteiger partial charge is 0.490 e. The fraction of sp³-hybridized carbons (Fsp3) is 0.684. The molecule has 2 aliphatic rings. The van der Waals surface area contributed by atoms with Crippen molar-refractivity contribution < 1.29 is 9.47 Å². The molecule has 0 bridgehead atoms. The third-order valence-electron chi connectivity index (χ3n) is 5.08. The summed E-state index contributed by atoms with van der Waals surface area (Å²) in [4.78, 5) is 2.58. The van der Waals surface area contributed by atoms with Crippen LogP contribution in [-0.2, 0) is 6.54 Å². The number of likely N-dealkylation sites (tertiary alicyclic amines) is 1. The summed E-state index contributed by atoms with van der Waals surface area (Å²) < 4.78 is 12.7. The molecule has 3 rings (SSSR count). The standard InChI is InChI=1S/C19H29BrN2O2.ClH/c1-3-9-24-18-16(20)10-15(11-17(18)23-4-2)12-22-8-6-19(14-22)5-7-21-13-19;/h10-11,21H,3-9,12-14H2,1-2H3;1H. The predicted molar refractivity (Wildman–Crippen MR) is 108 cm³/mol. The second-order valence-electron chi connectivity index (χ2n) is 7.07. The van der Waals surface area contributed by atoms with E-state index in [-0.39, 0.29) is 12.4 Å². The maximum absolute atomic E-state index is 5.88. The van der Waals surface area contributed by atoms with Gasteiger partial charge in [-0.05, 0) is 78.3 Å². The Balaban J connectivity index is 0.00000225. The van der Waals surface area contributed by atoms with E-state index in [0.717, 1.165) is 28.9 Å². The van der Waals surface area contributed by atoms with Crippen LogP contribution in [-0.4, -0.2) is 44.3 Å². The second-order valence-corrected chi connectivity index (χ2v) is 7.93. The molecule has 1 unspecified atom stereocenters. The summed E-state index contributed by atoms with van der Waals surface area (Å²) in [6.07, 6.45) is 3.63. The number of rotatable bonds is 7. The van der Waals surface area contributed by atoms with E-state index in [9.17, 15) is 0 Å². The highest BCUT2D eigenvalue weighted by molar-refractivity contribution is 9.10. The van der Waals surface area contributed by atoms with Crippen LogP contribution in [0.3, 0.4) is 0 Å². The monoisotopic (exact) mass is 432 g/mol. The van der Waals surface area contributed by atoms with Gasteiger partial charge in [-0.1, -0.05) is 6.92 Å². The van der Waals surface area contributed by atoms with Crippen LogP contribution < -0.4 is 14.8 Å². The molecule has 2 heterocycles. The van der Waals surface area contributed by atoms with Gasteiger partial charge in [0.1, 0.15) is 0 Å². The smallest absolute Gasteiger partial charge is 0.175 e. The first-order valence-electron chi connectivity index (χ1n) is 9.17. The summed E-state index contributed by atoms with van der Waals surface area (Å²) in [5.74, 6) is 1.69. The van der Waals surface area contributed by atoms with Crippen LogP contribution in [0.2, 0.25) is 0 Å². The van der Waals surface area contributed by atoms with Crippen LogP contribution in [0.25, 0.3) is 0 Å². The van der Waals surface area contributed by atoms with E-state index in [1.165, 1.54) is 44.6 Å². The molecular formula is C19H30BrClN2O2. The van der Waals surface area contributed by atoms with Crippen molar-refractivity contribution in [1.29, 1.82) is 0 Å². The van der Waals surface area contributed by atoms with Gasteiger partial charge in [0.05, 0.1) is 17.7 Å². The fourth-order valence-corrected chi connectivity index (χ4v) is 4.49. The summed E-state index contributed by atoms with van der Waals surface area (Å²) in [5, 5.41) is 3.53. The average molecular weight is 434 g/mol. The number of halogens is 2. The van der Waals surface area contributed by atoms with Crippen molar-refractivity contribution in [3.63, 3.8) is 0 Å². The lowest BCUT2D eigenvalue weighted by molar-refractivity contribution is 0.264. The third-order valence-corrected chi connectivity index (χ3v) is 5.66. The van der Waals surface area contributed by atoms with Crippen molar-refractivity contribution in [3.8, 4) is 11.5 Å². The first-order chi connectivity index (χ1) is 11.7. The molecule has 0 aliphatic carbocycles. The molecule has 4 nitrogen and oxygen atoms in total. The molecule has 1 aromatic rings. The maximum Gasteiger partial charge on any atom is 0.175 e. The highest BCUT2D eigenvalue weighted by Crippen LogP contribution is 2.39. The van der Waals surface area contributed by atoms with E-state index in [1.807, 2.05) is 6.92 Å². The Labute approximate surface area is 166 Å². The zero-order chi connectivity index (χ0) is 17.0. The maximum atomic E-state index is 5.88. The van der Waals surface area contributed by atoms with Crippen LogP contribution in [0, 0.1) is 5.41 Å². The molecular weight excluding hydrogens is 404 g/mol. The number of hydrogen-bond donors (Lipinski definition) is 1. The highest BCUT2D eigenvalue weighted by atomic mass is 79.9. The molecule has 1 spiro atoms. The van der Waals surface area contributed by atoms with Gasteiger partial charge in [0.25, 0.3) is 0 Å². The topological polar surface area (TPSA) is 33.7 Å². The van der Waals surface area contributed by atoms with Gasteiger partial charge < -0.3 is 14.8 Å². The lowest BCUT2D eigenvalue weighted by Crippen LogP contribution is -2.28. The molecule has 0 radical (unpaired) electrons. The van der Waals surface area contributed by atoms with Gasteiger partial charge in [-0.2, -0.15) is 0 Å². The van der Waals surface area contributed by atoms with E-state index in [1.54, 1.807) is 0 Å². The minimum Gasteiger partial charge on any atom is -0.490 e. The molecule has 1 N–H and O–H groups in total.